The summed E-state index contributed by atoms with van der Waals surface area (Å²) in [5.74, 6) is 1.69. The van der Waals surface area contributed by atoms with Gasteiger partial charge in [0.25, 0.3) is 0 Å². The number of aromatic nitrogens is 2. The van der Waals surface area contributed by atoms with Gasteiger partial charge in [0, 0.05) is 24.2 Å². The highest BCUT2D eigenvalue weighted by Crippen LogP contribution is 2.43. The van der Waals surface area contributed by atoms with Crippen molar-refractivity contribution in [2.45, 2.75) is 25.3 Å². The molecule has 0 amide bonds. The molecule has 0 bridgehead atoms. The molecule has 0 spiro atoms. The minimum absolute atomic E-state index is 0.00851. The topological polar surface area (TPSA) is 81.1 Å². The summed E-state index contributed by atoms with van der Waals surface area (Å²) in [4.78, 5) is 11.1. The van der Waals surface area contributed by atoms with Crippen molar-refractivity contribution in [1.82, 2.24) is 9.97 Å². The Morgan fingerprint density at radius 1 is 1.28 bits per heavy atom. The van der Waals surface area contributed by atoms with Gasteiger partial charge in [-0.05, 0) is 37.7 Å². The maximum Gasteiger partial charge on any atom is 0.152 e. The van der Waals surface area contributed by atoms with Crippen LogP contribution in [-0.4, -0.2) is 28.6 Å². The second-order valence-corrected chi connectivity index (χ2v) is 7.93. The summed E-state index contributed by atoms with van der Waals surface area (Å²) in [7, 11) is 0. The molecule has 25 heavy (non-hydrogen) atoms. The monoisotopic (exact) mass is 361 g/mol. The zero-order valence-corrected chi connectivity index (χ0v) is 14.8. The molecule has 1 saturated heterocycles. The number of nitrogens with zero attached hydrogens (tertiary/aromatic N) is 3. The molecule has 4 N–H and O–H groups in total. The summed E-state index contributed by atoms with van der Waals surface area (Å²) >= 11 is 6.04. The van der Waals surface area contributed by atoms with Gasteiger partial charge in [0.2, 0.25) is 0 Å². The Morgan fingerprint density at radius 3 is 2.60 bits per heavy atom. The second-order valence-electron chi connectivity index (χ2n) is 7.55. The van der Waals surface area contributed by atoms with Crippen LogP contribution in [0.3, 0.4) is 0 Å². The molecule has 1 aliphatic carbocycles. The first-order valence-corrected chi connectivity index (χ1v) is 8.82. The van der Waals surface area contributed by atoms with Crippen LogP contribution in [-0.2, 0) is 0 Å². The van der Waals surface area contributed by atoms with Gasteiger partial charge in [-0.25, -0.2) is 14.4 Å². The van der Waals surface area contributed by atoms with Gasteiger partial charge in [0.05, 0.1) is 11.2 Å². The third-order valence-corrected chi connectivity index (χ3v) is 5.74. The van der Waals surface area contributed by atoms with Crippen molar-refractivity contribution in [3.05, 3.63) is 35.2 Å². The lowest BCUT2D eigenvalue weighted by molar-refractivity contribution is 0.449. The van der Waals surface area contributed by atoms with E-state index in [9.17, 15) is 4.39 Å². The number of benzene rings is 1. The molecular weight excluding hydrogens is 341 g/mol. The van der Waals surface area contributed by atoms with Gasteiger partial charge in [-0.2, -0.15) is 0 Å². The number of fused-ring (bicyclic) bond motifs is 1. The molecule has 0 radical (unpaired) electrons. The van der Waals surface area contributed by atoms with Crippen molar-refractivity contribution in [1.29, 1.82) is 0 Å². The van der Waals surface area contributed by atoms with E-state index in [-0.39, 0.29) is 16.4 Å². The van der Waals surface area contributed by atoms with Crippen molar-refractivity contribution in [3.8, 4) is 11.3 Å². The molecule has 2 aliphatic rings. The summed E-state index contributed by atoms with van der Waals surface area (Å²) in [5.41, 5.74) is 13.2. The van der Waals surface area contributed by atoms with Crippen LogP contribution < -0.4 is 16.4 Å². The molecule has 5 nitrogen and oxygen atoms in total. The predicted molar refractivity (Wildman–Crippen MR) is 97.9 cm³/mol. The Labute approximate surface area is 151 Å². The lowest BCUT2D eigenvalue weighted by atomic mass is 10.00. The van der Waals surface area contributed by atoms with Crippen LogP contribution in [0.25, 0.3) is 11.3 Å². The first-order valence-electron chi connectivity index (χ1n) is 8.45. The van der Waals surface area contributed by atoms with E-state index in [0.717, 1.165) is 31.7 Å². The van der Waals surface area contributed by atoms with Gasteiger partial charge in [-0.15, -0.1) is 0 Å². The number of anilines is 2. The van der Waals surface area contributed by atoms with E-state index in [1.54, 1.807) is 18.3 Å². The maximum atomic E-state index is 13.7. The Balaban J connectivity index is 1.58. The van der Waals surface area contributed by atoms with Crippen molar-refractivity contribution < 1.29 is 4.39 Å². The Hall–Kier alpha value is -1.92. The molecule has 2 aromatic rings. The number of hydrogen-bond donors (Lipinski definition) is 2. The number of nitrogen functional groups attached to an aromatic ring is 1. The molecule has 132 valence electrons. The maximum absolute atomic E-state index is 13.7. The molecular formula is C18H21ClFN5. The van der Waals surface area contributed by atoms with Gasteiger partial charge in [-0.3, -0.25) is 0 Å². The van der Waals surface area contributed by atoms with Crippen molar-refractivity contribution in [2.24, 2.45) is 17.6 Å². The SMILES string of the molecule is C[C@]1(N)C[C@H]2CN(c3cnc(-c4cccc(F)c4Cl)c(N)n3)C[C@H]2C1. The molecule has 7 heteroatoms. The van der Waals surface area contributed by atoms with E-state index in [0.29, 0.717) is 23.1 Å². The molecule has 1 aromatic heterocycles. The third-order valence-electron chi connectivity index (χ3n) is 5.35. The fourth-order valence-electron chi connectivity index (χ4n) is 4.31. The van der Waals surface area contributed by atoms with Crippen molar-refractivity contribution in [2.75, 3.05) is 23.7 Å². The lowest BCUT2D eigenvalue weighted by Crippen LogP contribution is -2.35. The van der Waals surface area contributed by atoms with E-state index in [4.69, 9.17) is 23.1 Å². The summed E-state index contributed by atoms with van der Waals surface area (Å²) in [6.45, 7) is 3.97. The molecule has 2 fully saturated rings. The van der Waals surface area contributed by atoms with Gasteiger partial charge in [0.1, 0.15) is 17.3 Å². The van der Waals surface area contributed by atoms with E-state index in [1.807, 2.05) is 0 Å². The van der Waals surface area contributed by atoms with Crippen LogP contribution in [0, 0.1) is 17.7 Å². The van der Waals surface area contributed by atoms with Crippen LogP contribution in [0.4, 0.5) is 16.0 Å². The van der Waals surface area contributed by atoms with E-state index in [2.05, 4.69) is 21.8 Å². The van der Waals surface area contributed by atoms with Gasteiger partial charge < -0.3 is 16.4 Å². The minimum Gasteiger partial charge on any atom is -0.382 e. The first-order chi connectivity index (χ1) is 11.8. The highest BCUT2D eigenvalue weighted by Gasteiger charge is 2.45. The summed E-state index contributed by atoms with van der Waals surface area (Å²) in [5, 5.41) is 0.00851. The van der Waals surface area contributed by atoms with Crippen molar-refractivity contribution >= 4 is 23.2 Å². The quantitative estimate of drug-likeness (QED) is 0.859. The number of rotatable bonds is 2. The molecule has 1 aliphatic heterocycles. The predicted octanol–water partition coefficient (Wildman–Crippen LogP) is 3.08. The van der Waals surface area contributed by atoms with Crippen LogP contribution in [0.5, 0.6) is 0 Å². The fraction of sp³-hybridized carbons (Fsp3) is 0.444. The van der Waals surface area contributed by atoms with Crippen LogP contribution in [0.1, 0.15) is 19.8 Å². The fourth-order valence-corrected chi connectivity index (χ4v) is 4.53. The molecule has 4 rings (SSSR count). The van der Waals surface area contributed by atoms with Crippen molar-refractivity contribution in [3.63, 3.8) is 0 Å². The zero-order chi connectivity index (χ0) is 17.8. The number of nitrogens with two attached hydrogens (primary N) is 2. The summed E-state index contributed by atoms with van der Waals surface area (Å²) in [6.07, 6.45) is 3.76. The Morgan fingerprint density at radius 2 is 1.96 bits per heavy atom. The van der Waals surface area contributed by atoms with Crippen LogP contribution in [0.2, 0.25) is 5.02 Å². The number of halogens is 2. The first kappa shape index (κ1) is 16.5. The summed E-state index contributed by atoms with van der Waals surface area (Å²) in [6, 6.07) is 4.57. The van der Waals surface area contributed by atoms with Crippen LogP contribution >= 0.6 is 11.6 Å². The lowest BCUT2D eigenvalue weighted by Gasteiger charge is -2.23. The molecule has 1 saturated carbocycles. The molecule has 3 atom stereocenters. The molecule has 1 aromatic carbocycles. The normalized spacial score (nSPS) is 28.4. The van der Waals surface area contributed by atoms with Gasteiger partial charge in [-0.1, -0.05) is 23.7 Å². The third kappa shape index (κ3) is 2.93. The van der Waals surface area contributed by atoms with E-state index >= 15 is 0 Å². The second kappa shape index (κ2) is 5.81. The average Bonchev–Trinajstić information content (AvgIpc) is 3.04. The zero-order valence-electron chi connectivity index (χ0n) is 14.0. The largest absolute Gasteiger partial charge is 0.382 e. The number of hydrogen-bond acceptors (Lipinski definition) is 5. The van der Waals surface area contributed by atoms with E-state index < -0.39 is 5.82 Å². The molecule has 2 heterocycles. The van der Waals surface area contributed by atoms with E-state index in [1.165, 1.54) is 6.07 Å². The van der Waals surface area contributed by atoms with Gasteiger partial charge >= 0.3 is 0 Å². The summed E-state index contributed by atoms with van der Waals surface area (Å²) < 4.78 is 13.7. The average molecular weight is 362 g/mol. The highest BCUT2D eigenvalue weighted by molar-refractivity contribution is 6.33. The Kier molecular flexibility index (Phi) is 3.85. The van der Waals surface area contributed by atoms with Gasteiger partial charge in [0.15, 0.2) is 5.82 Å². The highest BCUT2D eigenvalue weighted by atomic mass is 35.5. The minimum atomic E-state index is -0.498. The molecule has 0 unspecified atom stereocenters. The Bertz CT molecular complexity index is 809. The standard InChI is InChI=1S/C18H21ClFN5/c1-18(22)5-10-8-25(9-11(10)6-18)14-7-23-16(17(21)24-14)12-3-2-4-13(20)15(12)19/h2-4,7,10-11H,5-6,8-9,22H2,1H3,(H2,21,24)/t10-,11+,18-. The van der Waals surface area contributed by atoms with Crippen LogP contribution in [0.15, 0.2) is 24.4 Å². The smallest absolute Gasteiger partial charge is 0.152 e.